The van der Waals surface area contributed by atoms with Crippen molar-refractivity contribution in [1.82, 2.24) is 4.57 Å². The van der Waals surface area contributed by atoms with Gasteiger partial charge in [-0.15, -0.1) is 0 Å². The first kappa shape index (κ1) is 50.7. The number of para-hydroxylation sites is 3. The summed E-state index contributed by atoms with van der Waals surface area (Å²) >= 11 is 0. The zero-order valence-corrected chi connectivity index (χ0v) is 45.7. The number of benzene rings is 12. The highest BCUT2D eigenvalue weighted by Crippen LogP contribution is 2.45. The molecule has 390 valence electrons. The maximum absolute atomic E-state index is 3.97. The Labute approximate surface area is 481 Å². The molecule has 3 heteroatoms. The van der Waals surface area contributed by atoms with Crippen LogP contribution in [0, 0.1) is 0 Å². The summed E-state index contributed by atoms with van der Waals surface area (Å²) in [4.78, 5) is 4.70. The zero-order valence-electron chi connectivity index (χ0n) is 45.7. The fourth-order valence-corrected chi connectivity index (χ4v) is 11.5. The Morgan fingerprint density at radius 2 is 0.622 bits per heavy atom. The monoisotopic (exact) mass is 1050 g/mol. The molecule has 0 amide bonds. The Bertz CT molecular complexity index is 4290. The number of hydrogen-bond acceptors (Lipinski definition) is 2. The Kier molecular flexibility index (Phi) is 14.2. The molecule has 0 bridgehead atoms. The van der Waals surface area contributed by atoms with Crippen LogP contribution in [0.4, 0.5) is 34.1 Å². The third-order valence-electron chi connectivity index (χ3n) is 15.5. The number of allylic oxidation sites excluding steroid dienone is 5. The molecule has 0 saturated heterocycles. The van der Waals surface area contributed by atoms with Crippen LogP contribution >= 0.6 is 0 Å². The minimum atomic E-state index is 1.06. The van der Waals surface area contributed by atoms with Gasteiger partial charge >= 0.3 is 0 Å². The van der Waals surface area contributed by atoms with Gasteiger partial charge in [0.2, 0.25) is 0 Å². The molecule has 0 aliphatic heterocycles. The SMILES string of the molecule is C=C/C=C(\C=C/C)c1ccc(N(c2ccc(-c3ccccc3)cc2)c2ccc(-c3cccc4c5cccc(-c6ccc(N(c7ccc(-c8ccccc8)cc7)c7ccc(-c8ccccc8)cc7)cc6)c5n(-c5ccccc5)c34)cc2)cc1. The summed E-state index contributed by atoms with van der Waals surface area (Å²) in [6.45, 7) is 6.02. The van der Waals surface area contributed by atoms with Gasteiger partial charge in [-0.05, 0) is 147 Å². The molecule has 0 atom stereocenters. The molecule has 13 rings (SSSR count). The number of fused-ring (bicyclic) bond motifs is 3. The van der Waals surface area contributed by atoms with Crippen molar-refractivity contribution in [2.45, 2.75) is 6.92 Å². The van der Waals surface area contributed by atoms with Crippen molar-refractivity contribution in [1.29, 1.82) is 0 Å². The highest BCUT2D eigenvalue weighted by Gasteiger charge is 2.22. The van der Waals surface area contributed by atoms with Gasteiger partial charge in [-0.2, -0.15) is 0 Å². The number of hydrogen-bond donors (Lipinski definition) is 0. The van der Waals surface area contributed by atoms with Crippen LogP contribution < -0.4 is 9.80 Å². The van der Waals surface area contributed by atoms with Gasteiger partial charge in [0, 0.05) is 61.7 Å². The summed E-state index contributed by atoms with van der Waals surface area (Å²) in [5.41, 5.74) is 23.9. The van der Waals surface area contributed by atoms with Gasteiger partial charge in [0.1, 0.15) is 0 Å². The van der Waals surface area contributed by atoms with E-state index in [4.69, 9.17) is 0 Å². The highest BCUT2D eigenvalue weighted by molar-refractivity contribution is 6.17. The van der Waals surface area contributed by atoms with E-state index in [1.165, 1.54) is 49.7 Å². The standard InChI is InChI=1S/C79H59N3/c1-3-19-57(20-4-2)61-33-45-68(46-34-61)80(69-47-35-62(36-48-69)58-21-9-5-10-22-58)72-53-41-65(42-54-72)74-29-17-31-76-77-32-18-30-75(79(77)82(78(74)76)67-27-15-8-16-28-67)66-43-55-73(56-44-66)81(70-49-37-63(38-50-70)59-23-11-6-12-24-59)71-51-39-64(40-52-71)60-25-13-7-14-26-60/h3-56H,1H2,2H3/b20-4-,57-19+. The van der Waals surface area contributed by atoms with Crippen LogP contribution in [0.2, 0.25) is 0 Å². The van der Waals surface area contributed by atoms with Crippen molar-refractivity contribution in [3.63, 3.8) is 0 Å². The first-order chi connectivity index (χ1) is 40.6. The number of nitrogens with zero attached hydrogens (tertiary/aromatic N) is 3. The lowest BCUT2D eigenvalue weighted by Gasteiger charge is -2.26. The van der Waals surface area contributed by atoms with Gasteiger partial charge in [0.25, 0.3) is 0 Å². The molecule has 13 aromatic rings. The molecular formula is C79H59N3. The average molecular weight is 1050 g/mol. The predicted octanol–water partition coefficient (Wildman–Crippen LogP) is 22.2. The summed E-state index contributed by atoms with van der Waals surface area (Å²) in [5, 5.41) is 2.40. The number of rotatable bonds is 15. The first-order valence-corrected chi connectivity index (χ1v) is 28.1. The van der Waals surface area contributed by atoms with E-state index in [-0.39, 0.29) is 0 Å². The van der Waals surface area contributed by atoms with E-state index in [9.17, 15) is 0 Å². The van der Waals surface area contributed by atoms with E-state index in [0.29, 0.717) is 0 Å². The number of anilines is 6. The Hall–Kier alpha value is -10.7. The minimum absolute atomic E-state index is 1.06. The molecule has 0 radical (unpaired) electrons. The third-order valence-corrected chi connectivity index (χ3v) is 15.5. The van der Waals surface area contributed by atoms with E-state index in [1.807, 2.05) is 13.0 Å². The molecule has 0 N–H and O–H groups in total. The molecule has 1 aromatic heterocycles. The molecule has 3 nitrogen and oxygen atoms in total. The van der Waals surface area contributed by atoms with Crippen LogP contribution in [0.25, 0.3) is 88.7 Å². The largest absolute Gasteiger partial charge is 0.311 e. The van der Waals surface area contributed by atoms with Gasteiger partial charge in [-0.1, -0.05) is 249 Å². The Morgan fingerprint density at radius 1 is 0.317 bits per heavy atom. The topological polar surface area (TPSA) is 11.4 Å². The molecule has 0 spiro atoms. The molecular weight excluding hydrogens is 991 g/mol. The maximum Gasteiger partial charge on any atom is 0.0619 e. The van der Waals surface area contributed by atoms with E-state index in [0.717, 1.165) is 78.7 Å². The van der Waals surface area contributed by atoms with Crippen LogP contribution in [0.15, 0.2) is 334 Å². The van der Waals surface area contributed by atoms with Gasteiger partial charge in [0.05, 0.1) is 11.0 Å². The van der Waals surface area contributed by atoms with Crippen LogP contribution in [-0.4, -0.2) is 4.57 Å². The molecule has 0 aliphatic carbocycles. The third kappa shape index (κ3) is 10.0. The van der Waals surface area contributed by atoms with E-state index >= 15 is 0 Å². The molecule has 0 aliphatic rings. The minimum Gasteiger partial charge on any atom is -0.311 e. The average Bonchev–Trinajstić information content (AvgIpc) is 4.15. The zero-order chi connectivity index (χ0) is 55.2. The van der Waals surface area contributed by atoms with Gasteiger partial charge in [-0.25, -0.2) is 0 Å². The smallest absolute Gasteiger partial charge is 0.0619 e. The molecule has 0 saturated carbocycles. The van der Waals surface area contributed by atoms with Crippen LogP contribution in [0.3, 0.4) is 0 Å². The van der Waals surface area contributed by atoms with Gasteiger partial charge < -0.3 is 14.4 Å². The Morgan fingerprint density at radius 3 is 0.951 bits per heavy atom. The first-order valence-electron chi connectivity index (χ1n) is 28.1. The van der Waals surface area contributed by atoms with Crippen LogP contribution in [0.5, 0.6) is 0 Å². The quantitative estimate of drug-likeness (QED) is 0.0948. The fraction of sp³-hybridized carbons (Fsp3) is 0.0127. The van der Waals surface area contributed by atoms with Crippen molar-refractivity contribution in [3.05, 3.63) is 340 Å². The molecule has 12 aromatic carbocycles. The summed E-state index contributed by atoms with van der Waals surface area (Å²) in [6, 6.07) is 110. The summed E-state index contributed by atoms with van der Waals surface area (Å²) in [5.74, 6) is 0. The van der Waals surface area contributed by atoms with Crippen molar-refractivity contribution >= 4 is 61.5 Å². The van der Waals surface area contributed by atoms with Crippen molar-refractivity contribution < 1.29 is 0 Å². The van der Waals surface area contributed by atoms with Crippen LogP contribution in [0.1, 0.15) is 12.5 Å². The van der Waals surface area contributed by atoms with E-state index in [1.54, 1.807) is 0 Å². The highest BCUT2D eigenvalue weighted by atomic mass is 15.1. The second kappa shape index (κ2) is 22.9. The van der Waals surface area contributed by atoms with E-state index in [2.05, 4.69) is 342 Å². The predicted molar refractivity (Wildman–Crippen MR) is 350 cm³/mol. The summed E-state index contributed by atoms with van der Waals surface area (Å²) in [6.07, 6.45) is 8.09. The van der Waals surface area contributed by atoms with E-state index < -0.39 is 0 Å². The normalized spacial score (nSPS) is 11.5. The second-order valence-corrected chi connectivity index (χ2v) is 20.5. The summed E-state index contributed by atoms with van der Waals surface area (Å²) in [7, 11) is 0. The van der Waals surface area contributed by atoms with Crippen molar-refractivity contribution in [3.8, 4) is 61.3 Å². The van der Waals surface area contributed by atoms with Gasteiger partial charge in [0.15, 0.2) is 0 Å². The lowest BCUT2D eigenvalue weighted by atomic mass is 9.99. The van der Waals surface area contributed by atoms with Gasteiger partial charge in [-0.3, -0.25) is 0 Å². The van der Waals surface area contributed by atoms with Crippen LogP contribution in [-0.2, 0) is 0 Å². The number of aromatic nitrogens is 1. The van der Waals surface area contributed by atoms with Crippen molar-refractivity contribution in [2.24, 2.45) is 0 Å². The molecule has 82 heavy (non-hydrogen) atoms. The molecule has 0 fully saturated rings. The second-order valence-electron chi connectivity index (χ2n) is 20.5. The molecule has 0 unspecified atom stereocenters. The Balaban J connectivity index is 0.897. The summed E-state index contributed by atoms with van der Waals surface area (Å²) < 4.78 is 2.48. The fourth-order valence-electron chi connectivity index (χ4n) is 11.5. The molecule has 1 heterocycles. The van der Waals surface area contributed by atoms with Crippen molar-refractivity contribution in [2.75, 3.05) is 9.80 Å². The lowest BCUT2D eigenvalue weighted by molar-refractivity contribution is 1.18. The maximum atomic E-state index is 3.97. The lowest BCUT2D eigenvalue weighted by Crippen LogP contribution is -2.10.